The van der Waals surface area contributed by atoms with Crippen LogP contribution in [0.2, 0.25) is 0 Å². The van der Waals surface area contributed by atoms with Gasteiger partial charge in [-0.2, -0.15) is 0 Å². The van der Waals surface area contributed by atoms with E-state index >= 15 is 0 Å². The first-order valence-corrected chi connectivity index (χ1v) is 10.6. The molecular formula is C24H22F3N3O3. The topological polar surface area (TPSA) is 56.6 Å². The molecule has 1 aromatic heterocycles. The molecule has 33 heavy (non-hydrogen) atoms. The Kier molecular flexibility index (Phi) is 5.07. The lowest BCUT2D eigenvalue weighted by Crippen LogP contribution is -2.41. The second-order valence-electron chi connectivity index (χ2n) is 8.72. The summed E-state index contributed by atoms with van der Waals surface area (Å²) in [7, 11) is 0. The van der Waals surface area contributed by atoms with Crippen LogP contribution in [-0.4, -0.2) is 33.5 Å². The van der Waals surface area contributed by atoms with Crippen molar-refractivity contribution < 1.29 is 27.4 Å². The van der Waals surface area contributed by atoms with E-state index in [2.05, 4.69) is 14.3 Å². The van der Waals surface area contributed by atoms with Gasteiger partial charge in [0.2, 0.25) is 0 Å². The Labute approximate surface area is 188 Å². The number of halogens is 3. The van der Waals surface area contributed by atoms with Crippen molar-refractivity contribution in [2.75, 3.05) is 6.54 Å². The van der Waals surface area contributed by atoms with Crippen molar-refractivity contribution in [2.24, 2.45) is 5.41 Å². The number of carbonyl (C=O) groups excluding carboxylic acids is 1. The maximum Gasteiger partial charge on any atom is 0.573 e. The summed E-state index contributed by atoms with van der Waals surface area (Å²) >= 11 is 0. The van der Waals surface area contributed by atoms with Crippen LogP contribution in [0.1, 0.15) is 24.2 Å². The highest BCUT2D eigenvalue weighted by molar-refractivity contribution is 5.75. The first-order valence-electron chi connectivity index (χ1n) is 10.6. The molecule has 1 saturated carbocycles. The Bertz CT molecular complexity index is 1180. The minimum atomic E-state index is -4.73. The predicted molar refractivity (Wildman–Crippen MR) is 114 cm³/mol. The summed E-state index contributed by atoms with van der Waals surface area (Å²) in [6.07, 6.45) is 0.714. The summed E-state index contributed by atoms with van der Waals surface area (Å²) in [5.74, 6) is 1.18. The largest absolute Gasteiger partial charge is 0.573 e. The molecule has 2 aromatic carbocycles. The lowest BCUT2D eigenvalue weighted by Gasteiger charge is -2.31. The van der Waals surface area contributed by atoms with Crippen molar-refractivity contribution in [2.45, 2.75) is 39.2 Å². The number of rotatable bonds is 6. The fourth-order valence-electron chi connectivity index (χ4n) is 4.26. The fourth-order valence-corrected chi connectivity index (χ4v) is 4.26. The molecule has 0 atom stereocenters. The molecule has 0 spiro atoms. The van der Waals surface area contributed by atoms with E-state index in [0.29, 0.717) is 18.8 Å². The summed E-state index contributed by atoms with van der Waals surface area (Å²) in [4.78, 5) is 18.6. The van der Waals surface area contributed by atoms with Gasteiger partial charge >= 0.3 is 12.5 Å². The number of aromatic nitrogens is 2. The van der Waals surface area contributed by atoms with Crippen molar-refractivity contribution in [1.29, 1.82) is 0 Å². The summed E-state index contributed by atoms with van der Waals surface area (Å²) in [6.45, 7) is 3.78. The third-order valence-electron chi connectivity index (χ3n) is 6.21. The van der Waals surface area contributed by atoms with Crippen LogP contribution < -0.4 is 9.47 Å². The van der Waals surface area contributed by atoms with E-state index in [0.717, 1.165) is 41.9 Å². The standard InChI is InChI=1S/C24H22F3N3O3/c1-16-28-10-11-29(16)14-23(8-9-23)15-30-13-19-12-18(4-7-21(19)32-22(30)31)17-2-5-20(6-3-17)33-24(25,26)27/h2-7,10-12H,8-9,13-15H2,1H3. The highest BCUT2D eigenvalue weighted by Crippen LogP contribution is 2.48. The molecule has 6 nitrogen and oxygen atoms in total. The molecule has 0 unspecified atom stereocenters. The predicted octanol–water partition coefficient (Wildman–Crippen LogP) is 5.55. The van der Waals surface area contributed by atoms with E-state index in [1.807, 2.05) is 19.2 Å². The van der Waals surface area contributed by atoms with Crippen molar-refractivity contribution in [3.8, 4) is 22.6 Å². The van der Waals surface area contributed by atoms with Crippen LogP contribution in [-0.2, 0) is 13.1 Å². The van der Waals surface area contributed by atoms with Gasteiger partial charge in [0.25, 0.3) is 0 Å². The van der Waals surface area contributed by atoms with Crippen LogP contribution >= 0.6 is 0 Å². The molecule has 5 rings (SSSR count). The molecule has 2 heterocycles. The first kappa shape index (κ1) is 21.4. The van der Waals surface area contributed by atoms with Gasteiger partial charge < -0.3 is 18.9 Å². The second-order valence-corrected chi connectivity index (χ2v) is 8.72. The Morgan fingerprint density at radius 1 is 1.09 bits per heavy atom. The second kappa shape index (κ2) is 7.83. The molecule has 1 aliphatic heterocycles. The molecule has 1 amide bonds. The third-order valence-corrected chi connectivity index (χ3v) is 6.21. The number of imidazole rings is 1. The molecule has 1 aliphatic carbocycles. The Morgan fingerprint density at radius 2 is 1.82 bits per heavy atom. The number of benzene rings is 2. The third kappa shape index (κ3) is 4.67. The number of carbonyl (C=O) groups is 1. The number of hydrogen-bond acceptors (Lipinski definition) is 4. The van der Waals surface area contributed by atoms with Gasteiger partial charge in [0, 0.05) is 36.5 Å². The number of aryl methyl sites for hydroxylation is 1. The summed E-state index contributed by atoms with van der Waals surface area (Å²) < 4.78 is 48.8. The number of fused-ring (bicyclic) bond motifs is 1. The van der Waals surface area contributed by atoms with Crippen LogP contribution in [0.15, 0.2) is 54.9 Å². The minimum Gasteiger partial charge on any atom is -0.410 e. The van der Waals surface area contributed by atoms with E-state index in [-0.39, 0.29) is 17.3 Å². The number of hydrogen-bond donors (Lipinski definition) is 0. The molecule has 0 saturated heterocycles. The minimum absolute atomic E-state index is 0.0217. The molecule has 0 bridgehead atoms. The Balaban J connectivity index is 1.31. The molecular weight excluding hydrogens is 435 g/mol. The monoisotopic (exact) mass is 457 g/mol. The van der Waals surface area contributed by atoms with Gasteiger partial charge in [0.1, 0.15) is 17.3 Å². The smallest absolute Gasteiger partial charge is 0.410 e. The molecule has 0 N–H and O–H groups in total. The molecule has 2 aliphatic rings. The van der Waals surface area contributed by atoms with Crippen molar-refractivity contribution in [1.82, 2.24) is 14.5 Å². The zero-order chi connectivity index (χ0) is 23.2. The molecule has 1 fully saturated rings. The molecule has 0 radical (unpaired) electrons. The lowest BCUT2D eigenvalue weighted by molar-refractivity contribution is -0.274. The first-order chi connectivity index (χ1) is 15.7. The number of alkyl halides is 3. The van der Waals surface area contributed by atoms with Gasteiger partial charge in [0.05, 0.1) is 6.54 Å². The zero-order valence-electron chi connectivity index (χ0n) is 17.9. The van der Waals surface area contributed by atoms with Gasteiger partial charge in [-0.3, -0.25) is 0 Å². The van der Waals surface area contributed by atoms with E-state index in [9.17, 15) is 18.0 Å². The van der Waals surface area contributed by atoms with Crippen LogP contribution in [0.3, 0.4) is 0 Å². The summed E-state index contributed by atoms with van der Waals surface area (Å²) in [6, 6.07) is 11.1. The van der Waals surface area contributed by atoms with Gasteiger partial charge in [-0.05, 0) is 55.2 Å². The zero-order valence-corrected chi connectivity index (χ0v) is 17.9. The van der Waals surface area contributed by atoms with Crippen molar-refractivity contribution in [3.63, 3.8) is 0 Å². The lowest BCUT2D eigenvalue weighted by atomic mass is 10.0. The van der Waals surface area contributed by atoms with E-state index < -0.39 is 6.36 Å². The van der Waals surface area contributed by atoms with Crippen molar-refractivity contribution >= 4 is 6.09 Å². The fraction of sp³-hybridized carbons (Fsp3) is 0.333. The van der Waals surface area contributed by atoms with E-state index in [4.69, 9.17) is 4.74 Å². The Hall–Kier alpha value is -3.49. The number of amides is 1. The average molecular weight is 457 g/mol. The normalized spacial score (nSPS) is 16.8. The average Bonchev–Trinajstić information content (AvgIpc) is 3.40. The van der Waals surface area contributed by atoms with Gasteiger partial charge in [-0.1, -0.05) is 18.2 Å². The summed E-state index contributed by atoms with van der Waals surface area (Å²) in [5, 5.41) is 0. The maximum absolute atomic E-state index is 12.6. The van der Waals surface area contributed by atoms with Crippen LogP contribution in [0.5, 0.6) is 11.5 Å². The quantitative estimate of drug-likeness (QED) is 0.487. The van der Waals surface area contributed by atoms with Gasteiger partial charge in [0.15, 0.2) is 0 Å². The van der Waals surface area contributed by atoms with Crippen LogP contribution in [0.4, 0.5) is 18.0 Å². The number of nitrogens with zero attached hydrogens (tertiary/aromatic N) is 3. The van der Waals surface area contributed by atoms with Crippen molar-refractivity contribution in [3.05, 3.63) is 66.2 Å². The SMILES string of the molecule is Cc1nccn1CC1(CN2Cc3cc(-c4ccc(OC(F)(F)F)cc4)ccc3OC2=O)CC1. The highest BCUT2D eigenvalue weighted by Gasteiger charge is 2.46. The van der Waals surface area contributed by atoms with Gasteiger partial charge in [-0.15, -0.1) is 13.2 Å². The van der Waals surface area contributed by atoms with Crippen LogP contribution in [0.25, 0.3) is 11.1 Å². The number of ether oxygens (including phenoxy) is 2. The van der Waals surface area contributed by atoms with E-state index in [1.54, 1.807) is 35.4 Å². The molecule has 172 valence electrons. The van der Waals surface area contributed by atoms with Crippen LogP contribution in [0, 0.1) is 12.3 Å². The Morgan fingerprint density at radius 3 is 2.45 bits per heavy atom. The highest BCUT2D eigenvalue weighted by atomic mass is 19.4. The maximum atomic E-state index is 12.6. The van der Waals surface area contributed by atoms with E-state index in [1.165, 1.54) is 12.1 Å². The molecule has 3 aromatic rings. The molecule has 9 heteroatoms. The summed E-state index contributed by atoms with van der Waals surface area (Å²) in [5.41, 5.74) is 2.44. The van der Waals surface area contributed by atoms with Gasteiger partial charge in [-0.25, -0.2) is 9.78 Å².